The number of carbonyl (C=O) groups is 1. The molecule has 0 N–H and O–H groups in total. The molecule has 0 spiro atoms. The minimum Gasteiger partial charge on any atom is -0.351 e. The first kappa shape index (κ1) is 23.9. The van der Waals surface area contributed by atoms with Crippen LogP contribution in [0.25, 0.3) is 0 Å². The predicted molar refractivity (Wildman–Crippen MR) is 111 cm³/mol. The van der Waals surface area contributed by atoms with Crippen molar-refractivity contribution in [3.63, 3.8) is 0 Å². The van der Waals surface area contributed by atoms with Crippen molar-refractivity contribution < 1.29 is 21.9 Å². The zero-order chi connectivity index (χ0) is 18.5. The van der Waals surface area contributed by atoms with Gasteiger partial charge in [0.1, 0.15) is 0 Å². The van der Waals surface area contributed by atoms with E-state index in [0.29, 0.717) is 5.78 Å². The summed E-state index contributed by atoms with van der Waals surface area (Å²) in [6.45, 7) is 5.57. The molecule has 2 aromatic carbocycles. The Morgan fingerprint density at radius 3 is 2.33 bits per heavy atom. The molecule has 3 rings (SSSR count). The smallest absolute Gasteiger partial charge is 0.351 e. The van der Waals surface area contributed by atoms with Crippen LogP contribution in [0.1, 0.15) is 68.6 Å². The van der Waals surface area contributed by atoms with Crippen molar-refractivity contribution in [2.75, 3.05) is 19.6 Å². The molecule has 1 atom stereocenters. The summed E-state index contributed by atoms with van der Waals surface area (Å²) in [4.78, 5) is 15.2. The Bertz CT molecular complexity index is 538. The van der Waals surface area contributed by atoms with E-state index < -0.39 is 0 Å². The molecule has 0 bridgehead atoms. The number of likely N-dealkylation sites (tertiary alicyclic amines) is 1. The van der Waals surface area contributed by atoms with Gasteiger partial charge >= 0.3 is 17.1 Å². The number of rotatable bonds is 9. The summed E-state index contributed by atoms with van der Waals surface area (Å²) in [5.41, 5.74) is 0.910. The first-order valence-electron chi connectivity index (χ1n) is 10.5. The van der Waals surface area contributed by atoms with Crippen LogP contribution >= 0.6 is 0 Å². The molecule has 1 heterocycles. The number of piperidine rings is 1. The molecule has 0 aliphatic carbocycles. The number of ketones is 1. The number of nitrogens with zero attached hydrogens (tertiary/aromatic N) is 1. The van der Waals surface area contributed by atoms with Crippen molar-refractivity contribution in [3.8, 4) is 0 Å². The van der Waals surface area contributed by atoms with Gasteiger partial charge in [-0.3, -0.25) is 0 Å². The van der Waals surface area contributed by atoms with Gasteiger partial charge < -0.3 is 9.69 Å². The van der Waals surface area contributed by atoms with Gasteiger partial charge in [-0.05, 0) is 31.8 Å². The Balaban J connectivity index is 0.000000526. The number of Topliss-reactive ketones (excluding diaryl/α,β-unsaturated/α-hetero) is 1. The van der Waals surface area contributed by atoms with Crippen LogP contribution in [0.4, 0.5) is 0 Å². The molecule has 3 heteroatoms. The quantitative estimate of drug-likeness (QED) is 0.217. The molecule has 0 aromatic heterocycles. The third kappa shape index (κ3) is 9.55. The maximum atomic E-state index is 12.7. The Hall–Kier alpha value is -1.15. The zero-order valence-electron chi connectivity index (χ0n) is 16.8. The molecule has 0 saturated carbocycles. The first-order valence-corrected chi connectivity index (χ1v) is 10.5. The van der Waals surface area contributed by atoms with E-state index >= 15 is 0 Å². The summed E-state index contributed by atoms with van der Waals surface area (Å²) in [6, 6.07) is 17.9. The Kier molecular flexibility index (Phi) is 13.1. The second-order valence-corrected chi connectivity index (χ2v) is 7.41. The van der Waals surface area contributed by atoms with Crippen LogP contribution < -0.4 is 0 Å². The summed E-state index contributed by atoms with van der Waals surface area (Å²) in [6.07, 6.45) is 10.0. The van der Waals surface area contributed by atoms with E-state index in [-0.39, 0.29) is 23.0 Å². The fraction of sp³-hybridized carbons (Fsp3) is 0.542. The van der Waals surface area contributed by atoms with Crippen molar-refractivity contribution in [2.24, 2.45) is 5.92 Å². The van der Waals surface area contributed by atoms with E-state index in [1.165, 1.54) is 58.0 Å². The maximum Gasteiger partial charge on any atom is 2.00 e. The summed E-state index contributed by atoms with van der Waals surface area (Å²) in [5, 5.41) is 0. The average molecular weight is 409 g/mol. The standard InChI is InChI=1S/C19H30NO.C5H5.Fe/c1-2-3-4-6-13-18(16-20-14-9-5-10-15-20)19(21)17-11-7-8-12-17;1-2-4-5-3-1;/h7-8,11-12,18H,2-6,9-10,13-16H2,1H3;1-5H;/q2*-1;+2. The molecule has 1 fully saturated rings. The van der Waals surface area contributed by atoms with Crippen LogP contribution in [-0.2, 0) is 17.1 Å². The summed E-state index contributed by atoms with van der Waals surface area (Å²) in [5.74, 6) is 0.560. The van der Waals surface area contributed by atoms with Gasteiger partial charge in [0.2, 0.25) is 0 Å². The monoisotopic (exact) mass is 409 g/mol. The van der Waals surface area contributed by atoms with Crippen LogP contribution in [0.15, 0.2) is 54.6 Å². The van der Waals surface area contributed by atoms with Crippen molar-refractivity contribution in [1.82, 2.24) is 4.90 Å². The second-order valence-electron chi connectivity index (χ2n) is 7.41. The van der Waals surface area contributed by atoms with E-state index in [2.05, 4.69) is 11.8 Å². The van der Waals surface area contributed by atoms with Crippen LogP contribution in [0.5, 0.6) is 0 Å². The van der Waals surface area contributed by atoms with Crippen molar-refractivity contribution in [3.05, 3.63) is 60.2 Å². The predicted octanol–water partition coefficient (Wildman–Crippen LogP) is 6.06. The topological polar surface area (TPSA) is 20.3 Å². The Labute approximate surface area is 176 Å². The van der Waals surface area contributed by atoms with E-state index in [9.17, 15) is 4.79 Å². The third-order valence-corrected chi connectivity index (χ3v) is 5.21. The molecule has 150 valence electrons. The fourth-order valence-electron chi connectivity index (χ4n) is 3.67. The Morgan fingerprint density at radius 2 is 1.78 bits per heavy atom. The third-order valence-electron chi connectivity index (χ3n) is 5.21. The minimum atomic E-state index is 0. The average Bonchev–Trinajstić information content (AvgIpc) is 3.41. The summed E-state index contributed by atoms with van der Waals surface area (Å²) < 4.78 is 0. The van der Waals surface area contributed by atoms with E-state index in [1.807, 2.05) is 54.6 Å². The molecule has 1 saturated heterocycles. The molecule has 1 aliphatic heterocycles. The normalized spacial score (nSPS) is 15.3. The fourth-order valence-corrected chi connectivity index (χ4v) is 3.67. The summed E-state index contributed by atoms with van der Waals surface area (Å²) in [7, 11) is 0. The molecule has 2 nitrogen and oxygen atoms in total. The van der Waals surface area contributed by atoms with Gasteiger partial charge in [-0.2, -0.15) is 36.4 Å². The van der Waals surface area contributed by atoms with Gasteiger partial charge in [0, 0.05) is 6.54 Å². The number of hydrogen-bond donors (Lipinski definition) is 0. The zero-order valence-corrected chi connectivity index (χ0v) is 17.9. The van der Waals surface area contributed by atoms with Crippen LogP contribution in [-0.4, -0.2) is 30.3 Å². The SMILES string of the molecule is CCCCCCC(CN1CCCCC1)C(=O)c1ccc[cH-]1.[Fe+2].c1cc[cH-]c1. The van der Waals surface area contributed by atoms with Gasteiger partial charge in [0.05, 0.1) is 5.78 Å². The van der Waals surface area contributed by atoms with Crippen LogP contribution in [0.3, 0.4) is 0 Å². The molecule has 0 amide bonds. The largest absolute Gasteiger partial charge is 2.00 e. The second kappa shape index (κ2) is 14.9. The molecular weight excluding hydrogens is 374 g/mol. The minimum absolute atomic E-state index is 0. The molecule has 2 aromatic rings. The molecule has 1 aliphatic rings. The van der Waals surface area contributed by atoms with E-state index in [4.69, 9.17) is 0 Å². The molecule has 0 radical (unpaired) electrons. The van der Waals surface area contributed by atoms with Crippen molar-refractivity contribution in [1.29, 1.82) is 0 Å². The first-order chi connectivity index (χ1) is 12.8. The maximum absolute atomic E-state index is 12.7. The van der Waals surface area contributed by atoms with Crippen molar-refractivity contribution >= 4 is 5.78 Å². The van der Waals surface area contributed by atoms with Gasteiger partial charge in [-0.1, -0.05) is 45.4 Å². The van der Waals surface area contributed by atoms with Crippen LogP contribution in [0.2, 0.25) is 0 Å². The van der Waals surface area contributed by atoms with Crippen LogP contribution in [0, 0.1) is 5.92 Å². The molecule has 27 heavy (non-hydrogen) atoms. The van der Waals surface area contributed by atoms with E-state index in [1.54, 1.807) is 0 Å². The van der Waals surface area contributed by atoms with E-state index in [0.717, 1.165) is 18.5 Å². The van der Waals surface area contributed by atoms with Gasteiger partial charge in [0.15, 0.2) is 0 Å². The molecular formula is C24H35FeNO. The van der Waals surface area contributed by atoms with Gasteiger partial charge in [-0.25, -0.2) is 12.1 Å². The number of carbonyl (C=O) groups excluding carboxylic acids is 1. The Morgan fingerprint density at radius 1 is 1.04 bits per heavy atom. The number of unbranched alkanes of at least 4 members (excludes halogenated alkanes) is 3. The summed E-state index contributed by atoms with van der Waals surface area (Å²) >= 11 is 0. The number of hydrogen-bond acceptors (Lipinski definition) is 2. The molecule has 1 unspecified atom stereocenters. The van der Waals surface area contributed by atoms with Crippen molar-refractivity contribution in [2.45, 2.75) is 58.3 Å². The van der Waals surface area contributed by atoms with Gasteiger partial charge in [-0.15, -0.1) is 11.6 Å². The van der Waals surface area contributed by atoms with Gasteiger partial charge in [0.25, 0.3) is 0 Å².